The zero-order chi connectivity index (χ0) is 18.7. The standard InChI is InChI=1S/C18H17ClN2O5/c1-11(13-5-3-4-7-20-13)25-15-10-16-14(9-12(15)19)21(18(23)26-16)8-6-17(22)24-2/h3-5,7,9-11H,6,8H2,1-2H3/t11-/m1/s1. The number of hydrogen-bond acceptors (Lipinski definition) is 6. The lowest BCUT2D eigenvalue weighted by Crippen LogP contribution is -2.16. The van der Waals surface area contributed by atoms with E-state index >= 15 is 0 Å². The number of ether oxygens (including phenoxy) is 2. The second-order valence-corrected chi connectivity index (χ2v) is 6.02. The van der Waals surface area contributed by atoms with Crippen LogP contribution in [0.15, 0.2) is 45.7 Å². The number of aryl methyl sites for hydroxylation is 1. The fourth-order valence-corrected chi connectivity index (χ4v) is 2.74. The van der Waals surface area contributed by atoms with Gasteiger partial charge in [-0.25, -0.2) is 4.79 Å². The Morgan fingerprint density at radius 3 is 2.88 bits per heavy atom. The molecule has 0 radical (unpaired) electrons. The molecule has 0 bridgehead atoms. The van der Waals surface area contributed by atoms with Crippen molar-refractivity contribution in [2.75, 3.05) is 7.11 Å². The lowest BCUT2D eigenvalue weighted by molar-refractivity contribution is -0.140. The van der Waals surface area contributed by atoms with Gasteiger partial charge in [0.1, 0.15) is 11.9 Å². The summed E-state index contributed by atoms with van der Waals surface area (Å²) in [6, 6.07) is 8.68. The molecule has 2 aromatic heterocycles. The summed E-state index contributed by atoms with van der Waals surface area (Å²) in [5.41, 5.74) is 1.56. The number of benzene rings is 1. The lowest BCUT2D eigenvalue weighted by atomic mass is 10.2. The van der Waals surface area contributed by atoms with Gasteiger partial charge in [-0.2, -0.15) is 0 Å². The Morgan fingerprint density at radius 2 is 2.19 bits per heavy atom. The molecule has 3 aromatic rings. The second-order valence-electron chi connectivity index (χ2n) is 5.61. The number of hydrogen-bond donors (Lipinski definition) is 0. The first kappa shape index (κ1) is 18.0. The van der Waals surface area contributed by atoms with Crippen LogP contribution in [0.1, 0.15) is 25.1 Å². The Bertz CT molecular complexity index is 980. The third kappa shape index (κ3) is 3.72. The Kier molecular flexibility index (Phi) is 5.27. The molecular formula is C18H17ClN2O5. The average Bonchev–Trinajstić information content (AvgIpc) is 2.94. The minimum atomic E-state index is -0.574. The SMILES string of the molecule is COC(=O)CCn1c(=O)oc2cc(O[C@H](C)c3ccccn3)c(Cl)cc21. The number of nitrogens with zero attached hydrogens (tertiary/aromatic N) is 2. The van der Waals surface area contributed by atoms with Gasteiger partial charge in [-0.3, -0.25) is 14.3 Å². The molecule has 0 unspecified atom stereocenters. The van der Waals surface area contributed by atoms with Gasteiger partial charge in [0.05, 0.1) is 29.8 Å². The molecule has 1 aromatic carbocycles. The summed E-state index contributed by atoms with van der Waals surface area (Å²) >= 11 is 6.31. The van der Waals surface area contributed by atoms with E-state index in [1.807, 2.05) is 25.1 Å². The van der Waals surface area contributed by atoms with Crippen molar-refractivity contribution in [1.29, 1.82) is 0 Å². The molecule has 0 N–H and O–H groups in total. The summed E-state index contributed by atoms with van der Waals surface area (Å²) in [5, 5.41) is 0.327. The van der Waals surface area contributed by atoms with E-state index in [-0.39, 0.29) is 19.1 Å². The molecular weight excluding hydrogens is 360 g/mol. The number of carbonyl (C=O) groups excluding carboxylic acids is 1. The largest absolute Gasteiger partial charge is 0.483 e. The Hall–Kier alpha value is -2.80. The quantitative estimate of drug-likeness (QED) is 0.613. The van der Waals surface area contributed by atoms with E-state index < -0.39 is 11.7 Å². The van der Waals surface area contributed by atoms with Gasteiger partial charge in [0.15, 0.2) is 5.58 Å². The van der Waals surface area contributed by atoms with Gasteiger partial charge in [-0.15, -0.1) is 0 Å². The van der Waals surface area contributed by atoms with Crippen molar-refractivity contribution in [1.82, 2.24) is 9.55 Å². The van der Waals surface area contributed by atoms with E-state index in [1.165, 1.54) is 11.7 Å². The maximum Gasteiger partial charge on any atom is 0.419 e. The van der Waals surface area contributed by atoms with Crippen LogP contribution in [0.25, 0.3) is 11.1 Å². The van der Waals surface area contributed by atoms with Crippen molar-refractivity contribution < 1.29 is 18.7 Å². The van der Waals surface area contributed by atoms with Gasteiger partial charge in [-0.05, 0) is 25.1 Å². The Morgan fingerprint density at radius 1 is 1.38 bits per heavy atom. The highest BCUT2D eigenvalue weighted by Gasteiger charge is 2.17. The molecule has 0 saturated heterocycles. The first-order valence-corrected chi connectivity index (χ1v) is 8.34. The van der Waals surface area contributed by atoms with Crippen LogP contribution in [0.4, 0.5) is 0 Å². The number of pyridine rings is 1. The van der Waals surface area contributed by atoms with Crippen molar-refractivity contribution in [3.05, 3.63) is 57.8 Å². The monoisotopic (exact) mass is 376 g/mol. The molecule has 1 atom stereocenters. The summed E-state index contributed by atoms with van der Waals surface area (Å²) < 4.78 is 17.0. The predicted molar refractivity (Wildman–Crippen MR) is 95.4 cm³/mol. The molecule has 0 saturated carbocycles. The van der Waals surface area contributed by atoms with E-state index in [2.05, 4.69) is 9.72 Å². The van der Waals surface area contributed by atoms with Gasteiger partial charge < -0.3 is 13.9 Å². The molecule has 136 valence electrons. The minimum Gasteiger partial charge on any atom is -0.483 e. The van der Waals surface area contributed by atoms with Crippen LogP contribution >= 0.6 is 11.6 Å². The van der Waals surface area contributed by atoms with Crippen LogP contribution in [0, 0.1) is 0 Å². The van der Waals surface area contributed by atoms with Crippen molar-refractivity contribution in [3.63, 3.8) is 0 Å². The zero-order valence-corrected chi connectivity index (χ0v) is 15.0. The van der Waals surface area contributed by atoms with Crippen molar-refractivity contribution >= 4 is 28.7 Å². The fourth-order valence-electron chi connectivity index (χ4n) is 2.54. The highest BCUT2D eigenvalue weighted by Crippen LogP contribution is 2.32. The molecule has 0 aliphatic rings. The number of halogens is 1. The number of carbonyl (C=O) groups is 1. The van der Waals surface area contributed by atoms with Crippen LogP contribution in [-0.2, 0) is 16.1 Å². The molecule has 7 nitrogen and oxygen atoms in total. The third-order valence-electron chi connectivity index (χ3n) is 3.90. The average molecular weight is 377 g/mol. The molecule has 0 aliphatic heterocycles. The van der Waals surface area contributed by atoms with E-state index in [1.54, 1.807) is 18.3 Å². The number of oxazole rings is 1. The number of methoxy groups -OCH3 is 1. The van der Waals surface area contributed by atoms with Crippen LogP contribution in [-0.4, -0.2) is 22.6 Å². The summed E-state index contributed by atoms with van der Waals surface area (Å²) in [6.45, 7) is 1.99. The van der Waals surface area contributed by atoms with Crippen LogP contribution < -0.4 is 10.5 Å². The molecule has 0 aliphatic carbocycles. The highest BCUT2D eigenvalue weighted by atomic mass is 35.5. The summed E-state index contributed by atoms with van der Waals surface area (Å²) in [4.78, 5) is 27.6. The molecule has 0 amide bonds. The molecule has 0 fully saturated rings. The summed E-state index contributed by atoms with van der Waals surface area (Å²) in [6.07, 6.45) is 1.40. The van der Waals surface area contributed by atoms with Gasteiger partial charge in [-0.1, -0.05) is 17.7 Å². The zero-order valence-electron chi connectivity index (χ0n) is 14.3. The maximum atomic E-state index is 12.1. The number of aromatic nitrogens is 2. The third-order valence-corrected chi connectivity index (χ3v) is 4.19. The number of fused-ring (bicyclic) bond motifs is 1. The highest BCUT2D eigenvalue weighted by molar-refractivity contribution is 6.32. The van der Waals surface area contributed by atoms with Crippen molar-refractivity contribution in [2.45, 2.75) is 26.0 Å². The molecule has 3 rings (SSSR count). The Labute approximate surface area is 154 Å². The normalized spacial score (nSPS) is 12.1. The van der Waals surface area contributed by atoms with E-state index in [0.29, 0.717) is 21.9 Å². The summed E-state index contributed by atoms with van der Waals surface area (Å²) in [7, 11) is 1.29. The van der Waals surface area contributed by atoms with Crippen molar-refractivity contribution in [3.8, 4) is 5.75 Å². The molecule has 2 heterocycles. The van der Waals surface area contributed by atoms with Crippen molar-refractivity contribution in [2.24, 2.45) is 0 Å². The molecule has 8 heteroatoms. The van der Waals surface area contributed by atoms with Crippen LogP contribution in [0.2, 0.25) is 5.02 Å². The van der Waals surface area contributed by atoms with E-state index in [4.69, 9.17) is 20.8 Å². The van der Waals surface area contributed by atoms with Gasteiger partial charge >= 0.3 is 11.7 Å². The van der Waals surface area contributed by atoms with Gasteiger partial charge in [0.2, 0.25) is 0 Å². The fraction of sp³-hybridized carbons (Fsp3) is 0.278. The maximum absolute atomic E-state index is 12.1. The lowest BCUT2D eigenvalue weighted by Gasteiger charge is -2.15. The number of esters is 1. The van der Waals surface area contributed by atoms with Gasteiger partial charge in [0, 0.05) is 18.8 Å². The first-order chi connectivity index (χ1) is 12.5. The van der Waals surface area contributed by atoms with E-state index in [9.17, 15) is 9.59 Å². The first-order valence-electron chi connectivity index (χ1n) is 7.97. The second kappa shape index (κ2) is 7.61. The number of rotatable bonds is 6. The molecule has 26 heavy (non-hydrogen) atoms. The minimum absolute atomic E-state index is 0.0532. The Balaban J connectivity index is 1.89. The predicted octanol–water partition coefficient (Wildman–Crippen LogP) is 3.35. The van der Waals surface area contributed by atoms with Crippen LogP contribution in [0.3, 0.4) is 0 Å². The van der Waals surface area contributed by atoms with E-state index in [0.717, 1.165) is 5.69 Å². The van der Waals surface area contributed by atoms with Gasteiger partial charge in [0.25, 0.3) is 0 Å². The molecule has 0 spiro atoms. The van der Waals surface area contributed by atoms with Crippen LogP contribution in [0.5, 0.6) is 5.75 Å². The topological polar surface area (TPSA) is 83.6 Å². The smallest absolute Gasteiger partial charge is 0.419 e. The summed E-state index contributed by atoms with van der Waals surface area (Å²) in [5.74, 6) is -0.609.